The normalized spacial score (nSPS) is 26.9. The first kappa shape index (κ1) is 33.1. The number of hydrogen-bond donors (Lipinski definition) is 1. The number of halogens is 1. The van der Waals surface area contributed by atoms with Crippen LogP contribution in [0.2, 0.25) is 0 Å². The largest absolute Gasteiger partial charge is 0.502 e. The first-order chi connectivity index (χ1) is 24.7. The van der Waals surface area contributed by atoms with Crippen molar-refractivity contribution in [3.8, 4) is 17.2 Å². The van der Waals surface area contributed by atoms with Crippen LogP contribution >= 0.6 is 22.6 Å². The zero-order valence-corrected chi connectivity index (χ0v) is 30.1. The number of imide groups is 1. The van der Waals surface area contributed by atoms with Gasteiger partial charge in [0.25, 0.3) is 0 Å². The Balaban J connectivity index is 1.39. The van der Waals surface area contributed by atoms with Crippen molar-refractivity contribution < 1.29 is 33.8 Å². The van der Waals surface area contributed by atoms with E-state index in [1.54, 1.807) is 24.3 Å². The highest BCUT2D eigenvalue weighted by Crippen LogP contribution is 2.64. The number of Topliss-reactive ketones (excluding diaryl/α,β-unsaturated/α-hetero) is 1. The van der Waals surface area contributed by atoms with Crippen molar-refractivity contribution in [1.82, 2.24) is 0 Å². The van der Waals surface area contributed by atoms with Crippen LogP contribution in [0.3, 0.4) is 0 Å². The number of rotatable bonds is 6. The van der Waals surface area contributed by atoms with E-state index in [0.29, 0.717) is 34.4 Å². The van der Waals surface area contributed by atoms with Gasteiger partial charge < -0.3 is 14.6 Å². The molecule has 0 spiro atoms. The molecular formula is C42H34INO7. The minimum absolute atomic E-state index is 0.146. The average molecular weight is 792 g/mol. The number of hydrogen-bond acceptors (Lipinski definition) is 7. The minimum atomic E-state index is -1.42. The number of allylic oxidation sites excluding steroid dienone is 4. The molecule has 6 atom stereocenters. The Labute approximate surface area is 308 Å². The highest BCUT2D eigenvalue weighted by Gasteiger charge is 2.66. The molecule has 0 radical (unpaired) electrons. The lowest BCUT2D eigenvalue weighted by atomic mass is 9.44. The molecule has 256 valence electrons. The highest BCUT2D eigenvalue weighted by molar-refractivity contribution is 14.1. The molecule has 2 amide bonds. The van der Waals surface area contributed by atoms with Crippen LogP contribution in [0.15, 0.2) is 115 Å². The lowest BCUT2D eigenvalue weighted by molar-refractivity contribution is -0.135. The molecule has 4 aliphatic rings. The third-order valence-corrected chi connectivity index (χ3v) is 12.0. The molecule has 3 aliphatic carbocycles. The maximum atomic E-state index is 15.2. The standard InChI is InChI=1S/C42H34INO7/c1-50-33-19-24(20-34(51-2)39(33)47)37-28-17-18-29-36(41(49)44(40(29)48)27-15-13-26(43)14-16-27)31(28)21-32-38(46)30(23-9-5-3-6-10-23)22-35(45)42(32,37)25-11-7-4-8-12-25/h3-17,19-20,22,29,31-32,36-37,47H,18,21H2,1-2H3/t29-,31+,32-,36-,37-,42-/m0/s1. The van der Waals surface area contributed by atoms with Crippen LogP contribution in [0.25, 0.3) is 5.57 Å². The van der Waals surface area contributed by atoms with Crippen LogP contribution in [0.1, 0.15) is 35.4 Å². The molecule has 0 bridgehead atoms. The molecule has 8 rings (SSSR count). The number of fused-ring (bicyclic) bond motifs is 4. The Morgan fingerprint density at radius 2 is 1.43 bits per heavy atom. The monoisotopic (exact) mass is 791 g/mol. The zero-order chi connectivity index (χ0) is 35.6. The second-order valence-electron chi connectivity index (χ2n) is 13.5. The molecule has 9 heteroatoms. The predicted molar refractivity (Wildman–Crippen MR) is 199 cm³/mol. The van der Waals surface area contributed by atoms with E-state index in [1.807, 2.05) is 78.9 Å². The number of methoxy groups -OCH3 is 2. The van der Waals surface area contributed by atoms with Crippen molar-refractivity contribution in [2.45, 2.75) is 24.2 Å². The van der Waals surface area contributed by atoms with Crippen LogP contribution in [-0.2, 0) is 24.6 Å². The van der Waals surface area contributed by atoms with E-state index < -0.39 is 35.0 Å². The van der Waals surface area contributed by atoms with Gasteiger partial charge in [-0.3, -0.25) is 24.1 Å². The molecule has 1 saturated carbocycles. The first-order valence-electron chi connectivity index (χ1n) is 16.9. The van der Waals surface area contributed by atoms with Gasteiger partial charge in [0.15, 0.2) is 23.1 Å². The topological polar surface area (TPSA) is 110 Å². The van der Waals surface area contributed by atoms with Gasteiger partial charge in [-0.25, -0.2) is 0 Å². The summed E-state index contributed by atoms with van der Waals surface area (Å²) >= 11 is 2.19. The average Bonchev–Trinajstić information content (AvgIpc) is 3.42. The quantitative estimate of drug-likeness (QED) is 0.127. The third-order valence-electron chi connectivity index (χ3n) is 11.3. The van der Waals surface area contributed by atoms with Gasteiger partial charge in [0.1, 0.15) is 0 Å². The Kier molecular flexibility index (Phi) is 8.21. The number of nitrogens with zero attached hydrogens (tertiary/aromatic N) is 1. The van der Waals surface area contributed by atoms with E-state index in [-0.39, 0.29) is 47.1 Å². The molecule has 2 fully saturated rings. The molecule has 51 heavy (non-hydrogen) atoms. The van der Waals surface area contributed by atoms with Gasteiger partial charge in [-0.05, 0) is 101 Å². The second kappa shape index (κ2) is 12.6. The fourth-order valence-corrected chi connectivity index (χ4v) is 9.53. The molecule has 1 heterocycles. The molecule has 4 aromatic carbocycles. The highest BCUT2D eigenvalue weighted by atomic mass is 127. The van der Waals surface area contributed by atoms with Crippen LogP contribution in [-0.4, -0.2) is 42.7 Å². The summed E-state index contributed by atoms with van der Waals surface area (Å²) in [5.41, 5.74) is 2.14. The van der Waals surface area contributed by atoms with Crippen molar-refractivity contribution in [3.05, 3.63) is 135 Å². The van der Waals surface area contributed by atoms with Gasteiger partial charge in [-0.2, -0.15) is 0 Å². The van der Waals surface area contributed by atoms with Crippen LogP contribution in [0, 0.1) is 27.2 Å². The summed E-state index contributed by atoms with van der Waals surface area (Å²) < 4.78 is 12.2. The van der Waals surface area contributed by atoms with Crippen molar-refractivity contribution in [2.75, 3.05) is 19.1 Å². The van der Waals surface area contributed by atoms with Crippen molar-refractivity contribution in [1.29, 1.82) is 0 Å². The number of aromatic hydroxyl groups is 1. The summed E-state index contributed by atoms with van der Waals surface area (Å²) in [6.07, 6.45) is 3.99. The Bertz CT molecular complexity index is 2140. The number of phenols is 1. The zero-order valence-electron chi connectivity index (χ0n) is 27.9. The number of carbonyl (C=O) groups excluding carboxylic acids is 4. The number of ether oxygens (including phenoxy) is 2. The molecule has 8 nitrogen and oxygen atoms in total. The van der Waals surface area contributed by atoms with E-state index in [1.165, 1.54) is 25.2 Å². The Morgan fingerprint density at radius 3 is 2.06 bits per heavy atom. The molecule has 4 aromatic rings. The van der Waals surface area contributed by atoms with E-state index >= 15 is 9.59 Å². The third kappa shape index (κ3) is 4.92. The smallest absolute Gasteiger partial charge is 0.238 e. The molecular weight excluding hydrogens is 757 g/mol. The van der Waals surface area contributed by atoms with Gasteiger partial charge in [0.05, 0.1) is 37.2 Å². The van der Waals surface area contributed by atoms with Gasteiger partial charge in [0, 0.05) is 21.0 Å². The summed E-state index contributed by atoms with van der Waals surface area (Å²) in [5.74, 6) is -4.43. The van der Waals surface area contributed by atoms with Gasteiger partial charge in [-0.1, -0.05) is 72.3 Å². The Morgan fingerprint density at radius 1 is 0.804 bits per heavy atom. The fourth-order valence-electron chi connectivity index (χ4n) is 9.17. The fraction of sp³-hybridized carbons (Fsp3) is 0.238. The summed E-state index contributed by atoms with van der Waals surface area (Å²) in [4.78, 5) is 60.3. The lowest BCUT2D eigenvalue weighted by Crippen LogP contribution is -2.58. The van der Waals surface area contributed by atoms with Crippen LogP contribution < -0.4 is 14.4 Å². The minimum Gasteiger partial charge on any atom is -0.502 e. The summed E-state index contributed by atoms with van der Waals surface area (Å²) in [7, 11) is 2.88. The molecule has 1 aliphatic heterocycles. The van der Waals surface area contributed by atoms with Crippen molar-refractivity contribution in [2.24, 2.45) is 23.7 Å². The molecule has 1 N–H and O–H groups in total. The number of carbonyl (C=O) groups is 4. The summed E-state index contributed by atoms with van der Waals surface area (Å²) in [6.45, 7) is 0. The maximum Gasteiger partial charge on any atom is 0.238 e. The number of ketones is 2. The predicted octanol–water partition coefficient (Wildman–Crippen LogP) is 7.04. The molecule has 0 unspecified atom stereocenters. The number of amides is 2. The van der Waals surface area contributed by atoms with E-state index in [4.69, 9.17) is 9.47 Å². The van der Waals surface area contributed by atoms with Gasteiger partial charge in [-0.15, -0.1) is 0 Å². The van der Waals surface area contributed by atoms with Crippen LogP contribution in [0.4, 0.5) is 5.69 Å². The summed E-state index contributed by atoms with van der Waals surface area (Å²) in [5, 5.41) is 11.0. The number of benzene rings is 4. The van der Waals surface area contributed by atoms with Gasteiger partial charge >= 0.3 is 0 Å². The van der Waals surface area contributed by atoms with Gasteiger partial charge in [0.2, 0.25) is 17.6 Å². The van der Waals surface area contributed by atoms with E-state index in [2.05, 4.69) is 22.6 Å². The molecule has 1 saturated heterocycles. The van der Waals surface area contributed by atoms with Crippen LogP contribution in [0.5, 0.6) is 17.2 Å². The number of phenolic OH excluding ortho intramolecular Hbond substituents is 1. The molecule has 0 aromatic heterocycles. The SMILES string of the molecule is COc1cc([C@H]2C3=CC[C@@H]4C(=O)N(c5ccc(I)cc5)C(=O)[C@@H]4[C@@H]3C[C@H]3C(=O)C(c4ccccc4)=CC(=O)[C@@]23c2ccccc2)cc(OC)c1O. The second-order valence-corrected chi connectivity index (χ2v) is 14.8. The maximum absolute atomic E-state index is 15.2. The van der Waals surface area contributed by atoms with E-state index in [0.717, 1.165) is 9.14 Å². The summed E-state index contributed by atoms with van der Waals surface area (Å²) in [6, 6.07) is 29.2. The lowest BCUT2D eigenvalue weighted by Gasteiger charge is -2.55. The Hall–Kier alpha value is -5.03. The van der Waals surface area contributed by atoms with Crippen molar-refractivity contribution >= 4 is 57.2 Å². The van der Waals surface area contributed by atoms with Crippen molar-refractivity contribution in [3.63, 3.8) is 0 Å². The first-order valence-corrected chi connectivity index (χ1v) is 18.0. The number of anilines is 1. The van der Waals surface area contributed by atoms with E-state index in [9.17, 15) is 14.7 Å².